The molecule has 218 valence electrons. The number of ketones is 2. The number of benzene rings is 2. The Kier molecular flexibility index (Phi) is 12.4. The van der Waals surface area contributed by atoms with E-state index in [0.717, 1.165) is 6.20 Å². The molecule has 0 saturated heterocycles. The Bertz CT molecular complexity index is 1340. The van der Waals surface area contributed by atoms with Crippen LogP contribution in [0.1, 0.15) is 41.0 Å². The van der Waals surface area contributed by atoms with Crippen LogP contribution in [-0.4, -0.2) is 55.7 Å². The van der Waals surface area contributed by atoms with Crippen LogP contribution in [0.4, 0.5) is 35.1 Å². The number of Topliss-reactive ketones (excluding diaryl/α,β-unsaturated/α-hetero) is 2. The molecule has 0 saturated carbocycles. The molecule has 0 heterocycles. The number of hydrogen-bond acceptors (Lipinski definition) is 7. The van der Waals surface area contributed by atoms with E-state index >= 15 is 0 Å². The van der Waals surface area contributed by atoms with E-state index in [2.05, 4.69) is 9.47 Å². The number of carbonyl (C=O) groups excluding carboxylic acids is 4. The van der Waals surface area contributed by atoms with Crippen LogP contribution >= 0.6 is 0 Å². The first-order chi connectivity index (χ1) is 18.6. The molecule has 0 aliphatic rings. The van der Waals surface area contributed by atoms with Gasteiger partial charge in [0.1, 0.15) is 12.0 Å². The van der Waals surface area contributed by atoms with Crippen LogP contribution in [-0.2, 0) is 19.1 Å². The lowest BCUT2D eigenvalue weighted by Crippen LogP contribution is -2.21. The number of halogens is 8. The van der Waals surface area contributed by atoms with Crippen molar-refractivity contribution in [3.63, 3.8) is 0 Å². The van der Waals surface area contributed by atoms with Crippen molar-refractivity contribution in [3.05, 3.63) is 81.6 Å². The summed E-state index contributed by atoms with van der Waals surface area (Å²) in [6, 6.07) is 0.397. The van der Waals surface area contributed by atoms with Gasteiger partial charge < -0.3 is 14.4 Å². The van der Waals surface area contributed by atoms with Crippen LogP contribution in [0.3, 0.4) is 0 Å². The van der Waals surface area contributed by atoms with Gasteiger partial charge in [-0.25, -0.2) is 39.9 Å². The van der Waals surface area contributed by atoms with E-state index in [9.17, 15) is 54.3 Å². The molecule has 0 fully saturated rings. The van der Waals surface area contributed by atoms with Crippen LogP contribution in [0, 0.1) is 46.5 Å². The summed E-state index contributed by atoms with van der Waals surface area (Å²) in [4.78, 5) is 47.5. The molecule has 0 bridgehead atoms. The minimum absolute atomic E-state index is 0.000730. The molecule has 2 aromatic carbocycles. The van der Waals surface area contributed by atoms with Gasteiger partial charge in [0.25, 0.3) is 0 Å². The lowest BCUT2D eigenvalue weighted by Gasteiger charge is -2.11. The molecule has 0 aliphatic carbocycles. The summed E-state index contributed by atoms with van der Waals surface area (Å²) in [5.41, 5.74) is -2.77. The molecule has 0 amide bonds. The number of carbonyl (C=O) groups is 4. The SMILES string of the molecule is CCOC(=O)/C(=C\N(C)C)C(=O)c1cc(F)c(F)c(F)c1F.CCOC(=O)CC(=O)c1cc(F)c(F)c(F)c1F. The molecule has 0 N–H and O–H groups in total. The average molecular weight is 583 g/mol. The van der Waals surface area contributed by atoms with Crippen LogP contribution in [0.2, 0.25) is 0 Å². The van der Waals surface area contributed by atoms with E-state index in [0.29, 0.717) is 0 Å². The number of nitrogens with zero attached hydrogens (tertiary/aromatic N) is 1. The van der Waals surface area contributed by atoms with Crippen LogP contribution < -0.4 is 0 Å². The Labute approximate surface area is 222 Å². The molecule has 40 heavy (non-hydrogen) atoms. The molecule has 0 aliphatic heterocycles. The van der Waals surface area contributed by atoms with Crippen molar-refractivity contribution in [1.82, 2.24) is 4.90 Å². The molecule has 2 rings (SSSR count). The van der Waals surface area contributed by atoms with E-state index < -0.39 is 93.2 Å². The zero-order valence-electron chi connectivity index (χ0n) is 21.3. The van der Waals surface area contributed by atoms with Crippen molar-refractivity contribution in [3.8, 4) is 0 Å². The number of hydrogen-bond donors (Lipinski definition) is 0. The van der Waals surface area contributed by atoms with Gasteiger partial charge in [-0.15, -0.1) is 0 Å². The number of esters is 2. The second-order valence-corrected chi connectivity index (χ2v) is 7.66. The number of ether oxygens (including phenoxy) is 2. The second-order valence-electron chi connectivity index (χ2n) is 7.66. The fourth-order valence-electron chi connectivity index (χ4n) is 2.77. The summed E-state index contributed by atoms with van der Waals surface area (Å²) in [6.45, 7) is 2.90. The first-order valence-electron chi connectivity index (χ1n) is 11.0. The maximum Gasteiger partial charge on any atom is 0.343 e. The standard InChI is InChI=1S/C14H13F4NO3.C11H8F4O3/c1-4-22-14(21)8(6-19(2)3)13(20)7-5-9(15)11(17)12(18)10(7)16;1-2-18-8(17)4-7(16)5-3-6(12)10(14)11(15)9(5)13/h5-6H,4H2,1-3H3;3H,2,4H2,1H3/b8-6-;. The molecule has 15 heteroatoms. The van der Waals surface area contributed by atoms with E-state index in [1.54, 1.807) is 0 Å². The van der Waals surface area contributed by atoms with Gasteiger partial charge in [-0.1, -0.05) is 0 Å². The third kappa shape index (κ3) is 8.35. The van der Waals surface area contributed by atoms with Gasteiger partial charge in [0.15, 0.2) is 52.3 Å². The topological polar surface area (TPSA) is 90.0 Å². The van der Waals surface area contributed by atoms with Crippen LogP contribution in [0.5, 0.6) is 0 Å². The molecule has 7 nitrogen and oxygen atoms in total. The van der Waals surface area contributed by atoms with Crippen molar-refractivity contribution >= 4 is 23.5 Å². The summed E-state index contributed by atoms with van der Waals surface area (Å²) >= 11 is 0. The van der Waals surface area contributed by atoms with Gasteiger partial charge in [0, 0.05) is 20.3 Å². The highest BCUT2D eigenvalue weighted by Gasteiger charge is 2.29. The first-order valence-corrected chi connectivity index (χ1v) is 11.0. The van der Waals surface area contributed by atoms with Crippen molar-refractivity contribution in [1.29, 1.82) is 0 Å². The van der Waals surface area contributed by atoms with Crippen LogP contribution in [0.15, 0.2) is 23.9 Å². The second kappa shape index (κ2) is 14.7. The summed E-state index contributed by atoms with van der Waals surface area (Å²) in [5, 5.41) is 0. The van der Waals surface area contributed by atoms with Gasteiger partial charge in [-0.3, -0.25) is 14.4 Å². The lowest BCUT2D eigenvalue weighted by atomic mass is 10.0. The molecule has 0 spiro atoms. The third-order valence-electron chi connectivity index (χ3n) is 4.49. The average Bonchev–Trinajstić information content (AvgIpc) is 2.89. The predicted octanol–water partition coefficient (Wildman–Crippen LogP) is 4.81. The largest absolute Gasteiger partial charge is 0.466 e. The Morgan fingerprint density at radius 2 is 1.15 bits per heavy atom. The quantitative estimate of drug-likeness (QED) is 0.0612. The Balaban J connectivity index is 0.000000408. The van der Waals surface area contributed by atoms with Crippen LogP contribution in [0.25, 0.3) is 0 Å². The normalized spacial score (nSPS) is 10.8. The molecule has 2 aromatic rings. The highest BCUT2D eigenvalue weighted by Crippen LogP contribution is 2.22. The first kappa shape index (κ1) is 33.7. The molecule has 0 aromatic heterocycles. The molecular weight excluding hydrogens is 562 g/mol. The highest BCUT2D eigenvalue weighted by molar-refractivity contribution is 6.24. The van der Waals surface area contributed by atoms with Crippen molar-refractivity contribution in [2.24, 2.45) is 0 Å². The maximum atomic E-state index is 13.6. The fraction of sp³-hybridized carbons (Fsp3) is 0.280. The minimum Gasteiger partial charge on any atom is -0.466 e. The third-order valence-corrected chi connectivity index (χ3v) is 4.49. The van der Waals surface area contributed by atoms with E-state index in [-0.39, 0.29) is 25.3 Å². The Morgan fingerprint density at radius 3 is 1.60 bits per heavy atom. The Hall–Kier alpha value is -4.30. The lowest BCUT2D eigenvalue weighted by molar-refractivity contribution is -0.142. The molecule has 0 radical (unpaired) electrons. The van der Waals surface area contributed by atoms with Gasteiger partial charge in [0.05, 0.1) is 24.3 Å². The van der Waals surface area contributed by atoms with Gasteiger partial charge >= 0.3 is 11.9 Å². The van der Waals surface area contributed by atoms with Crippen molar-refractivity contribution < 1.29 is 63.8 Å². The summed E-state index contributed by atoms with van der Waals surface area (Å²) in [6.07, 6.45) is 0.133. The van der Waals surface area contributed by atoms with Crippen molar-refractivity contribution in [2.75, 3.05) is 27.3 Å². The van der Waals surface area contributed by atoms with Gasteiger partial charge in [-0.2, -0.15) is 0 Å². The summed E-state index contributed by atoms with van der Waals surface area (Å²) in [7, 11) is 2.93. The molecular formula is C25H21F8NO6. The van der Waals surface area contributed by atoms with E-state index in [1.165, 1.54) is 32.8 Å². The summed E-state index contributed by atoms with van der Waals surface area (Å²) in [5.74, 6) is -20.0. The van der Waals surface area contributed by atoms with Gasteiger partial charge in [-0.05, 0) is 26.0 Å². The predicted molar refractivity (Wildman–Crippen MR) is 121 cm³/mol. The summed E-state index contributed by atoms with van der Waals surface area (Å²) < 4.78 is 113. The minimum atomic E-state index is -2.13. The smallest absolute Gasteiger partial charge is 0.343 e. The highest BCUT2D eigenvalue weighted by atomic mass is 19.2. The monoisotopic (exact) mass is 583 g/mol. The molecule has 0 unspecified atom stereocenters. The van der Waals surface area contributed by atoms with E-state index in [4.69, 9.17) is 0 Å². The molecule has 0 atom stereocenters. The Morgan fingerprint density at radius 1 is 0.700 bits per heavy atom. The maximum absolute atomic E-state index is 13.6. The van der Waals surface area contributed by atoms with Crippen molar-refractivity contribution in [2.45, 2.75) is 20.3 Å². The fourth-order valence-corrected chi connectivity index (χ4v) is 2.77. The van der Waals surface area contributed by atoms with E-state index in [1.807, 2.05) is 0 Å². The zero-order chi connectivity index (χ0) is 30.9. The van der Waals surface area contributed by atoms with Gasteiger partial charge in [0.2, 0.25) is 5.78 Å². The zero-order valence-corrected chi connectivity index (χ0v) is 21.3. The number of rotatable bonds is 9.